The maximum Gasteiger partial charge on any atom is 0.437 e. The Morgan fingerprint density at radius 1 is 1.08 bits per heavy atom. The van der Waals surface area contributed by atoms with Crippen molar-refractivity contribution in [3.63, 3.8) is 0 Å². The van der Waals surface area contributed by atoms with Gasteiger partial charge in [-0.2, -0.15) is 13.2 Å². The predicted octanol–water partition coefficient (Wildman–Crippen LogP) is 3.31. The van der Waals surface area contributed by atoms with E-state index in [0.717, 1.165) is 12.3 Å². The van der Waals surface area contributed by atoms with Gasteiger partial charge in [-0.05, 0) is 35.9 Å². The molecule has 4 rings (SSSR count). The lowest BCUT2D eigenvalue weighted by molar-refractivity contribution is -0.384. The third-order valence-electron chi connectivity index (χ3n) is 5.78. The number of urea groups is 1. The van der Waals surface area contributed by atoms with Crippen LogP contribution in [0.15, 0.2) is 73.1 Å². The molecule has 38 heavy (non-hydrogen) atoms. The van der Waals surface area contributed by atoms with E-state index in [9.17, 15) is 42.8 Å². The van der Waals surface area contributed by atoms with Crippen molar-refractivity contribution in [1.29, 1.82) is 0 Å². The Bertz CT molecular complexity index is 1400. The highest BCUT2D eigenvalue weighted by molar-refractivity contribution is 6.00. The minimum absolute atomic E-state index is 0.0140. The zero-order chi connectivity index (χ0) is 27.7. The third-order valence-corrected chi connectivity index (χ3v) is 5.78. The SMILES string of the molecule is O=C1N[C@H](c2ccc(OC(=O)c3cccc([N+](=O)[O-])c3)cc2)[C@@H](C(=O)c2cccnc2)[C@](O)(C(F)(F)F)N1. The molecule has 2 heterocycles. The van der Waals surface area contributed by atoms with Crippen LogP contribution in [0.2, 0.25) is 0 Å². The van der Waals surface area contributed by atoms with Crippen LogP contribution >= 0.6 is 0 Å². The van der Waals surface area contributed by atoms with Gasteiger partial charge in [0.05, 0.1) is 16.5 Å². The maximum atomic E-state index is 14.0. The number of halogens is 3. The molecule has 196 valence electrons. The summed E-state index contributed by atoms with van der Waals surface area (Å²) in [5.41, 5.74) is -4.62. The van der Waals surface area contributed by atoms with E-state index >= 15 is 0 Å². The van der Waals surface area contributed by atoms with Crippen LogP contribution in [0.1, 0.15) is 32.3 Å². The van der Waals surface area contributed by atoms with Crippen LogP contribution in [0.25, 0.3) is 0 Å². The number of nitrogens with one attached hydrogen (secondary N) is 2. The molecule has 3 aromatic rings. The van der Waals surface area contributed by atoms with Crippen molar-refractivity contribution in [1.82, 2.24) is 15.6 Å². The van der Waals surface area contributed by atoms with Crippen LogP contribution in [0.5, 0.6) is 5.75 Å². The predicted molar refractivity (Wildman–Crippen MR) is 122 cm³/mol. The molecular weight excluding hydrogens is 513 g/mol. The summed E-state index contributed by atoms with van der Waals surface area (Å²) in [7, 11) is 0. The Labute approximate surface area is 211 Å². The lowest BCUT2D eigenvalue weighted by Crippen LogP contribution is -2.72. The molecule has 2 amide bonds. The van der Waals surface area contributed by atoms with Crippen molar-refractivity contribution in [2.75, 3.05) is 0 Å². The lowest BCUT2D eigenvalue weighted by atomic mass is 9.77. The van der Waals surface area contributed by atoms with E-state index in [1.165, 1.54) is 66.1 Å². The van der Waals surface area contributed by atoms with E-state index in [2.05, 4.69) is 10.3 Å². The van der Waals surface area contributed by atoms with Crippen LogP contribution in [0.4, 0.5) is 23.7 Å². The molecule has 0 unspecified atom stereocenters. The second-order valence-corrected chi connectivity index (χ2v) is 8.19. The average molecular weight is 530 g/mol. The summed E-state index contributed by atoms with van der Waals surface area (Å²) in [4.78, 5) is 51.7. The average Bonchev–Trinajstić information content (AvgIpc) is 2.88. The Hall–Kier alpha value is -4.85. The van der Waals surface area contributed by atoms with E-state index in [0.29, 0.717) is 0 Å². The van der Waals surface area contributed by atoms with Crippen LogP contribution in [-0.4, -0.2) is 44.7 Å². The van der Waals surface area contributed by atoms with Crippen molar-refractivity contribution < 1.29 is 42.3 Å². The van der Waals surface area contributed by atoms with Gasteiger partial charge in [0.2, 0.25) is 5.72 Å². The molecule has 0 saturated carbocycles. The number of pyridine rings is 1. The fourth-order valence-corrected chi connectivity index (χ4v) is 3.96. The molecule has 0 radical (unpaired) electrons. The summed E-state index contributed by atoms with van der Waals surface area (Å²) in [5, 5.41) is 25.2. The molecule has 14 heteroatoms. The standard InChI is InChI=1S/C24H17F3N4O7/c25-24(26,27)23(35)18(20(32)15-4-2-10-28-12-15)19(29-22(34)30-23)13-6-8-17(9-7-13)38-21(33)14-3-1-5-16(11-14)31(36)37/h1-12,18-19,35H,(H2,29,30,34)/t18-,19+,23-/m0/s1. The number of carbonyl (C=O) groups is 3. The van der Waals surface area contributed by atoms with Gasteiger partial charge in [-0.3, -0.25) is 19.9 Å². The number of Topliss-reactive ketones (excluding diaryl/α,β-unsaturated/α-hetero) is 1. The number of ether oxygens (including phenoxy) is 1. The number of nitro benzene ring substituents is 1. The monoisotopic (exact) mass is 530 g/mol. The van der Waals surface area contributed by atoms with Crippen molar-refractivity contribution >= 4 is 23.5 Å². The van der Waals surface area contributed by atoms with Gasteiger partial charge >= 0.3 is 18.2 Å². The number of amides is 2. The van der Waals surface area contributed by atoms with Gasteiger partial charge in [0, 0.05) is 30.1 Å². The Morgan fingerprint density at radius 3 is 2.37 bits per heavy atom. The lowest BCUT2D eigenvalue weighted by Gasteiger charge is -2.45. The smallest absolute Gasteiger partial charge is 0.423 e. The number of rotatable bonds is 6. The summed E-state index contributed by atoms with van der Waals surface area (Å²) >= 11 is 0. The first-order chi connectivity index (χ1) is 17.9. The number of hydrogen-bond donors (Lipinski definition) is 3. The Balaban J connectivity index is 1.65. The van der Waals surface area contributed by atoms with Gasteiger partial charge in [-0.25, -0.2) is 9.59 Å². The summed E-state index contributed by atoms with van der Waals surface area (Å²) in [6.45, 7) is 0. The van der Waals surface area contributed by atoms with Crippen molar-refractivity contribution in [2.45, 2.75) is 17.9 Å². The molecule has 3 N–H and O–H groups in total. The number of hydrogen-bond acceptors (Lipinski definition) is 8. The number of nitrogens with zero attached hydrogens (tertiary/aromatic N) is 2. The summed E-state index contributed by atoms with van der Waals surface area (Å²) in [5.74, 6) is -4.42. The van der Waals surface area contributed by atoms with Gasteiger partial charge in [-0.1, -0.05) is 18.2 Å². The quantitative estimate of drug-likeness (QED) is 0.144. The largest absolute Gasteiger partial charge is 0.437 e. The van der Waals surface area contributed by atoms with Gasteiger partial charge in [0.25, 0.3) is 5.69 Å². The zero-order valence-electron chi connectivity index (χ0n) is 19.0. The molecule has 0 bridgehead atoms. The molecule has 1 aromatic heterocycles. The molecule has 3 atom stereocenters. The van der Waals surface area contributed by atoms with Gasteiger partial charge in [0.15, 0.2) is 5.78 Å². The van der Waals surface area contributed by atoms with E-state index in [4.69, 9.17) is 4.74 Å². The van der Waals surface area contributed by atoms with Crippen LogP contribution in [-0.2, 0) is 0 Å². The van der Waals surface area contributed by atoms with Crippen LogP contribution < -0.4 is 15.4 Å². The van der Waals surface area contributed by atoms with E-state index in [1.54, 1.807) is 0 Å². The Kier molecular flexibility index (Phi) is 6.83. The number of nitro groups is 1. The number of esters is 1. The number of ketones is 1. The molecule has 1 saturated heterocycles. The fourth-order valence-electron chi connectivity index (χ4n) is 3.96. The van der Waals surface area contributed by atoms with Gasteiger partial charge < -0.3 is 20.5 Å². The molecule has 0 aliphatic carbocycles. The number of aliphatic hydroxyl groups is 1. The third kappa shape index (κ3) is 5.01. The number of alkyl halides is 3. The van der Waals surface area contributed by atoms with Gasteiger partial charge in [0.1, 0.15) is 11.7 Å². The van der Waals surface area contributed by atoms with Crippen molar-refractivity contribution in [3.8, 4) is 5.75 Å². The molecule has 0 spiro atoms. The first-order valence-corrected chi connectivity index (χ1v) is 10.8. The maximum absolute atomic E-state index is 14.0. The highest BCUT2D eigenvalue weighted by Crippen LogP contribution is 2.44. The molecule has 1 aliphatic heterocycles. The topological polar surface area (TPSA) is 161 Å². The number of aromatic nitrogens is 1. The summed E-state index contributed by atoms with van der Waals surface area (Å²) in [6.07, 6.45) is -3.10. The first-order valence-electron chi connectivity index (χ1n) is 10.8. The Morgan fingerprint density at radius 2 is 1.76 bits per heavy atom. The highest BCUT2D eigenvalue weighted by Gasteiger charge is 2.66. The number of carbonyl (C=O) groups excluding carboxylic acids is 3. The minimum Gasteiger partial charge on any atom is -0.423 e. The zero-order valence-corrected chi connectivity index (χ0v) is 19.0. The first kappa shape index (κ1) is 26.2. The van der Waals surface area contributed by atoms with Gasteiger partial charge in [-0.15, -0.1) is 0 Å². The second-order valence-electron chi connectivity index (χ2n) is 8.19. The molecule has 2 aromatic carbocycles. The highest BCUT2D eigenvalue weighted by atomic mass is 19.4. The molecule has 1 fully saturated rings. The molecule has 1 aliphatic rings. The summed E-state index contributed by atoms with van der Waals surface area (Å²) in [6, 6.07) is 9.09. The second kappa shape index (κ2) is 9.89. The van der Waals surface area contributed by atoms with Crippen LogP contribution in [0, 0.1) is 16.0 Å². The normalized spacial score (nSPS) is 21.1. The molecular formula is C24H17F3N4O7. The fraction of sp³-hybridized carbons (Fsp3) is 0.167. The van der Waals surface area contributed by atoms with E-state index in [-0.39, 0.29) is 28.1 Å². The number of non-ortho nitro benzene ring substituents is 1. The van der Waals surface area contributed by atoms with E-state index < -0.39 is 46.6 Å². The van der Waals surface area contributed by atoms with E-state index in [1.807, 2.05) is 0 Å². The minimum atomic E-state index is -5.43. The van der Waals surface area contributed by atoms with Crippen molar-refractivity contribution in [3.05, 3.63) is 99.9 Å². The number of benzene rings is 2. The molecule has 11 nitrogen and oxygen atoms in total. The van der Waals surface area contributed by atoms with Crippen LogP contribution in [0.3, 0.4) is 0 Å². The summed E-state index contributed by atoms with van der Waals surface area (Å²) < 4.78 is 47.2. The van der Waals surface area contributed by atoms with Crippen molar-refractivity contribution in [2.24, 2.45) is 5.92 Å².